The number of benzene rings is 7. The molecule has 0 aliphatic heterocycles. The van der Waals surface area contributed by atoms with Crippen molar-refractivity contribution in [1.29, 1.82) is 0 Å². The Morgan fingerprint density at radius 1 is 0.424 bits per heavy atom. The molecule has 0 saturated carbocycles. The van der Waals surface area contributed by atoms with Crippen LogP contribution in [0.25, 0.3) is 67.2 Å². The quantitative estimate of drug-likeness (QED) is 0.162. The molecule has 0 spiro atoms. The molecular weight excluding hydrogens is 984 g/mol. The van der Waals surface area contributed by atoms with Crippen molar-refractivity contribution in [3.63, 3.8) is 0 Å². The van der Waals surface area contributed by atoms with Crippen LogP contribution < -0.4 is 0 Å². The number of hydrogen-bond donors (Lipinski definition) is 1. The molecule has 328 valence electrons. The second-order valence-corrected chi connectivity index (χ2v) is 19.6. The minimum atomic E-state index is -0.489. The second kappa shape index (κ2) is 17.3. The van der Waals surface area contributed by atoms with Crippen LogP contribution in [0.3, 0.4) is 0 Å². The fourth-order valence-corrected chi connectivity index (χ4v) is 9.69. The van der Waals surface area contributed by atoms with Crippen molar-refractivity contribution in [2.24, 2.45) is 0 Å². The van der Waals surface area contributed by atoms with Crippen molar-refractivity contribution >= 4 is 0 Å². The number of phenolic OH excluding ortho intramolecular Hbond substituents is 1. The number of phenols is 1. The third kappa shape index (κ3) is 8.05. The molecule has 0 fully saturated rings. The molecule has 0 radical (unpaired) electrons. The summed E-state index contributed by atoms with van der Waals surface area (Å²) in [5, 5.41) is 11.1. The van der Waals surface area contributed by atoms with E-state index in [2.05, 4.69) is 218 Å². The number of hydrogen-bond acceptors (Lipinski definition) is 3. The number of para-hydroxylation sites is 1. The van der Waals surface area contributed by atoms with E-state index in [-0.39, 0.29) is 37.6 Å². The number of rotatable bonds is 7. The fourth-order valence-electron chi connectivity index (χ4n) is 9.69. The van der Waals surface area contributed by atoms with Crippen molar-refractivity contribution in [3.05, 3.63) is 233 Å². The van der Waals surface area contributed by atoms with E-state index in [0.29, 0.717) is 11.3 Å². The van der Waals surface area contributed by atoms with Gasteiger partial charge in [-0.15, -0.1) is 24.3 Å². The topological polar surface area (TPSA) is 46.0 Å². The van der Waals surface area contributed by atoms with Crippen molar-refractivity contribution in [3.8, 4) is 72.9 Å². The Morgan fingerprint density at radius 3 is 1.53 bits per heavy atom. The van der Waals surface area contributed by atoms with Gasteiger partial charge >= 0.3 is 0 Å². The average Bonchev–Trinajstić information content (AvgIpc) is 3.61. The molecule has 7 aromatic carbocycles. The summed E-state index contributed by atoms with van der Waals surface area (Å²) >= 11 is 0. The molecule has 1 aliphatic carbocycles. The Morgan fingerprint density at radius 2 is 0.924 bits per heavy atom. The zero-order chi connectivity index (χ0) is 45.1. The van der Waals surface area contributed by atoms with Crippen LogP contribution >= 0.6 is 0 Å². The smallest absolute Gasteiger partial charge is 0.124 e. The summed E-state index contributed by atoms with van der Waals surface area (Å²) in [6.07, 6.45) is 0. The maximum absolute atomic E-state index is 11.1. The minimum absolute atomic E-state index is 0. The molecule has 2 aromatic heterocycles. The average molecular weight is 1040 g/mol. The summed E-state index contributed by atoms with van der Waals surface area (Å²) in [5.74, 6) is 0.191. The summed E-state index contributed by atoms with van der Waals surface area (Å²) in [4.78, 5) is 10.3. The SMILES string of the molecule is Cc1cc(-c2ccc3c(c2)C(c2ccccc2)(c2ccccc2)c2ccccc2-3)cc(-c2[c-]c(-c3cc(-c4cc(C(C)(C)C)cc(C(C)(C)C)c4)cc(-c4ccccc4O)n3)ccc2)n1.[Pt]. The first kappa shape index (κ1) is 44.5. The number of aromatic nitrogens is 2. The van der Waals surface area contributed by atoms with Gasteiger partial charge in [0.2, 0.25) is 0 Å². The van der Waals surface area contributed by atoms with Crippen LogP contribution in [0.1, 0.15) is 80.6 Å². The van der Waals surface area contributed by atoms with Crippen LogP contribution in [0.4, 0.5) is 0 Å². The zero-order valence-corrected chi connectivity index (χ0v) is 40.8. The Hall–Kier alpha value is -6.67. The van der Waals surface area contributed by atoms with E-state index in [9.17, 15) is 5.11 Å². The van der Waals surface area contributed by atoms with Gasteiger partial charge in [-0.25, -0.2) is 0 Å². The predicted molar refractivity (Wildman–Crippen MR) is 269 cm³/mol. The Bertz CT molecular complexity index is 3180. The van der Waals surface area contributed by atoms with E-state index in [1.807, 2.05) is 18.2 Å². The van der Waals surface area contributed by atoms with E-state index in [0.717, 1.165) is 50.5 Å². The summed E-state index contributed by atoms with van der Waals surface area (Å²) < 4.78 is 0. The monoisotopic (exact) mass is 1040 g/mol. The largest absolute Gasteiger partial charge is 0.507 e. The molecule has 9 aromatic rings. The van der Waals surface area contributed by atoms with E-state index < -0.39 is 5.41 Å². The van der Waals surface area contributed by atoms with E-state index >= 15 is 0 Å². The van der Waals surface area contributed by atoms with Crippen LogP contribution in [-0.2, 0) is 37.3 Å². The van der Waals surface area contributed by atoms with Gasteiger partial charge in [-0.2, -0.15) is 0 Å². The van der Waals surface area contributed by atoms with E-state index in [1.165, 1.54) is 44.5 Å². The van der Waals surface area contributed by atoms with Gasteiger partial charge in [0.25, 0.3) is 0 Å². The Kier molecular flexibility index (Phi) is 11.7. The van der Waals surface area contributed by atoms with E-state index in [4.69, 9.17) is 9.97 Å². The number of aryl methyl sites for hydroxylation is 1. The van der Waals surface area contributed by atoms with Crippen molar-refractivity contribution in [1.82, 2.24) is 9.97 Å². The Balaban J connectivity index is 0.00000548. The normalized spacial score (nSPS) is 12.8. The van der Waals surface area contributed by atoms with E-state index in [1.54, 1.807) is 6.07 Å². The van der Waals surface area contributed by atoms with Crippen LogP contribution in [0.2, 0.25) is 0 Å². The van der Waals surface area contributed by atoms with Gasteiger partial charge in [-0.05, 0) is 115 Å². The standard InChI is InChI=1S/C62H53N2O.Pt/c1-40-31-44(41-29-30-52-51-25-14-16-27-54(51)62(55(52)35-41,47-21-10-8-11-22-47)48-23-12-9-13-24-48)36-56(63-40)42-19-18-20-43(32-42)57-37-46(38-58(64-57)53-26-15-17-28-59(53)65)45-33-49(60(2,3)4)39-50(34-45)61(5,6)7;/h8-31,33-39,65H,1-7H3;/q-1;. The van der Waals surface area contributed by atoms with Gasteiger partial charge in [0, 0.05) is 43.7 Å². The van der Waals surface area contributed by atoms with Gasteiger partial charge in [0.1, 0.15) is 5.75 Å². The van der Waals surface area contributed by atoms with Crippen molar-refractivity contribution in [2.45, 2.75) is 64.7 Å². The van der Waals surface area contributed by atoms with Crippen LogP contribution in [0.5, 0.6) is 5.75 Å². The molecule has 1 N–H and O–H groups in total. The van der Waals surface area contributed by atoms with Gasteiger partial charge < -0.3 is 5.11 Å². The first-order chi connectivity index (χ1) is 31.3. The third-order valence-corrected chi connectivity index (χ3v) is 13.1. The van der Waals surface area contributed by atoms with Crippen molar-refractivity contribution in [2.75, 3.05) is 0 Å². The zero-order valence-electron chi connectivity index (χ0n) is 38.6. The predicted octanol–water partition coefficient (Wildman–Crippen LogP) is 15.6. The van der Waals surface area contributed by atoms with Gasteiger partial charge in [0.15, 0.2) is 0 Å². The summed E-state index contributed by atoms with van der Waals surface area (Å²) in [7, 11) is 0. The van der Waals surface area contributed by atoms with Gasteiger partial charge in [-0.3, -0.25) is 9.97 Å². The Labute approximate surface area is 404 Å². The molecule has 1 aliphatic rings. The molecule has 0 atom stereocenters. The first-order valence-electron chi connectivity index (χ1n) is 22.6. The van der Waals surface area contributed by atoms with Crippen LogP contribution in [0.15, 0.2) is 188 Å². The molecule has 0 bridgehead atoms. The molecule has 2 heterocycles. The fraction of sp³-hybridized carbons (Fsp3) is 0.161. The molecule has 3 nitrogen and oxygen atoms in total. The van der Waals surface area contributed by atoms with Crippen LogP contribution in [0, 0.1) is 13.0 Å². The van der Waals surface area contributed by atoms with Gasteiger partial charge in [-0.1, -0.05) is 192 Å². The maximum atomic E-state index is 11.1. The minimum Gasteiger partial charge on any atom is -0.507 e. The molecule has 10 rings (SSSR count). The summed E-state index contributed by atoms with van der Waals surface area (Å²) in [6, 6.07) is 70.8. The molecule has 0 amide bonds. The number of pyridine rings is 2. The molecule has 66 heavy (non-hydrogen) atoms. The second-order valence-electron chi connectivity index (χ2n) is 19.6. The summed E-state index contributed by atoms with van der Waals surface area (Å²) in [6.45, 7) is 15.7. The number of fused-ring (bicyclic) bond motifs is 3. The molecule has 0 saturated heterocycles. The first-order valence-corrected chi connectivity index (χ1v) is 22.6. The number of aromatic hydroxyl groups is 1. The van der Waals surface area contributed by atoms with Crippen LogP contribution in [-0.4, -0.2) is 15.1 Å². The maximum Gasteiger partial charge on any atom is 0.124 e. The molecule has 0 unspecified atom stereocenters. The third-order valence-electron chi connectivity index (χ3n) is 13.1. The van der Waals surface area contributed by atoms with Crippen molar-refractivity contribution < 1.29 is 26.2 Å². The van der Waals surface area contributed by atoms with Gasteiger partial charge in [0.05, 0.1) is 11.1 Å². The molecule has 4 heteroatoms. The summed E-state index contributed by atoms with van der Waals surface area (Å²) in [5.41, 5.74) is 19.5. The molecular formula is C62H53N2OPt-. The number of nitrogens with zero attached hydrogens (tertiary/aromatic N) is 2.